The van der Waals surface area contributed by atoms with Gasteiger partial charge < -0.3 is 4.90 Å². The zero-order valence-corrected chi connectivity index (χ0v) is 14.9. The lowest BCUT2D eigenvalue weighted by atomic mass is 10.0. The molecule has 7 heteroatoms. The van der Waals surface area contributed by atoms with E-state index in [4.69, 9.17) is 23.2 Å². The third-order valence-electron chi connectivity index (χ3n) is 4.23. The molecule has 0 N–H and O–H groups in total. The SMILES string of the molecule is Cc1cc(-c2cnn3c2C(=O)N(c2ccc(Cl)cc2Cl)CC3)ccn1. The second-order valence-corrected chi connectivity index (χ2v) is 6.71. The number of hydrogen-bond acceptors (Lipinski definition) is 3. The molecule has 0 radical (unpaired) electrons. The number of rotatable bonds is 2. The molecule has 2 aromatic heterocycles. The molecule has 0 atom stereocenters. The number of aryl methyl sites for hydroxylation is 1. The third kappa shape index (κ3) is 2.79. The van der Waals surface area contributed by atoms with Crippen LogP contribution in [0.2, 0.25) is 10.0 Å². The van der Waals surface area contributed by atoms with E-state index in [1.54, 1.807) is 40.2 Å². The monoisotopic (exact) mass is 372 g/mol. The fraction of sp³-hybridized carbons (Fsp3) is 0.167. The zero-order valence-electron chi connectivity index (χ0n) is 13.4. The molecular formula is C18H14Cl2N4O. The van der Waals surface area contributed by atoms with Crippen molar-refractivity contribution in [2.45, 2.75) is 13.5 Å². The van der Waals surface area contributed by atoms with Crippen molar-refractivity contribution in [3.05, 3.63) is 64.2 Å². The fourth-order valence-electron chi connectivity index (χ4n) is 3.06. The summed E-state index contributed by atoms with van der Waals surface area (Å²) in [5.74, 6) is -0.127. The van der Waals surface area contributed by atoms with Crippen molar-refractivity contribution in [3.63, 3.8) is 0 Å². The Morgan fingerprint density at radius 2 is 1.96 bits per heavy atom. The number of amides is 1. The summed E-state index contributed by atoms with van der Waals surface area (Å²) in [6.45, 7) is 3.02. The van der Waals surface area contributed by atoms with Gasteiger partial charge in [0, 0.05) is 29.0 Å². The lowest BCUT2D eigenvalue weighted by molar-refractivity contribution is 0.0963. The molecular weight excluding hydrogens is 359 g/mol. The quantitative estimate of drug-likeness (QED) is 0.676. The van der Waals surface area contributed by atoms with Gasteiger partial charge in [0.1, 0.15) is 5.69 Å². The first-order chi connectivity index (χ1) is 12.0. The van der Waals surface area contributed by atoms with Gasteiger partial charge in [0.2, 0.25) is 0 Å². The molecule has 1 amide bonds. The number of aromatic nitrogens is 3. The van der Waals surface area contributed by atoms with Crippen molar-refractivity contribution >= 4 is 34.8 Å². The Morgan fingerprint density at radius 3 is 2.72 bits per heavy atom. The number of nitrogens with zero attached hydrogens (tertiary/aromatic N) is 4. The average molecular weight is 373 g/mol. The van der Waals surface area contributed by atoms with E-state index in [2.05, 4.69) is 10.1 Å². The molecule has 25 heavy (non-hydrogen) atoms. The van der Waals surface area contributed by atoms with Gasteiger partial charge in [-0.1, -0.05) is 23.2 Å². The molecule has 0 unspecified atom stereocenters. The molecule has 4 rings (SSSR count). The maximum Gasteiger partial charge on any atom is 0.277 e. The van der Waals surface area contributed by atoms with Gasteiger partial charge >= 0.3 is 0 Å². The number of halogens is 2. The summed E-state index contributed by atoms with van der Waals surface area (Å²) in [7, 11) is 0. The van der Waals surface area contributed by atoms with Crippen molar-refractivity contribution in [1.82, 2.24) is 14.8 Å². The Labute approximate surface area is 154 Å². The molecule has 0 bridgehead atoms. The molecule has 1 aliphatic heterocycles. The van der Waals surface area contributed by atoms with Crippen LogP contribution in [0.4, 0.5) is 5.69 Å². The van der Waals surface area contributed by atoms with E-state index in [0.29, 0.717) is 34.5 Å². The van der Waals surface area contributed by atoms with Gasteiger partial charge in [-0.2, -0.15) is 5.10 Å². The predicted molar refractivity (Wildman–Crippen MR) is 98.3 cm³/mol. The highest BCUT2D eigenvalue weighted by Crippen LogP contribution is 2.33. The minimum Gasteiger partial charge on any atom is -0.304 e. The Balaban J connectivity index is 1.79. The smallest absolute Gasteiger partial charge is 0.277 e. The van der Waals surface area contributed by atoms with Crippen LogP contribution in [0.3, 0.4) is 0 Å². The number of benzene rings is 1. The van der Waals surface area contributed by atoms with E-state index in [1.807, 2.05) is 19.1 Å². The van der Waals surface area contributed by atoms with Crippen LogP contribution in [0.1, 0.15) is 16.2 Å². The molecule has 5 nitrogen and oxygen atoms in total. The summed E-state index contributed by atoms with van der Waals surface area (Å²) in [6, 6.07) is 8.97. The van der Waals surface area contributed by atoms with Crippen LogP contribution in [0, 0.1) is 6.92 Å². The number of anilines is 1. The van der Waals surface area contributed by atoms with Crippen LogP contribution in [-0.4, -0.2) is 27.2 Å². The van der Waals surface area contributed by atoms with Gasteiger partial charge in [0.25, 0.3) is 5.91 Å². The number of pyridine rings is 1. The van der Waals surface area contributed by atoms with E-state index in [0.717, 1.165) is 16.8 Å². The van der Waals surface area contributed by atoms with Gasteiger partial charge in [-0.05, 0) is 42.8 Å². The Kier molecular flexibility index (Phi) is 3.98. The van der Waals surface area contributed by atoms with Crippen LogP contribution in [-0.2, 0) is 6.54 Å². The van der Waals surface area contributed by atoms with Gasteiger partial charge in [0.05, 0.1) is 23.5 Å². The summed E-state index contributed by atoms with van der Waals surface area (Å²) in [5.41, 5.74) is 3.82. The van der Waals surface area contributed by atoms with E-state index in [1.165, 1.54) is 0 Å². The second kappa shape index (κ2) is 6.17. The molecule has 1 aliphatic rings. The molecule has 3 aromatic rings. The summed E-state index contributed by atoms with van der Waals surface area (Å²) < 4.78 is 1.74. The lowest BCUT2D eigenvalue weighted by Crippen LogP contribution is -2.41. The third-order valence-corrected chi connectivity index (χ3v) is 4.77. The first-order valence-corrected chi connectivity index (χ1v) is 8.56. The topological polar surface area (TPSA) is 51.0 Å². The van der Waals surface area contributed by atoms with Crippen molar-refractivity contribution in [3.8, 4) is 11.1 Å². The molecule has 1 aromatic carbocycles. The van der Waals surface area contributed by atoms with Crippen molar-refractivity contribution in [2.24, 2.45) is 0 Å². The predicted octanol–water partition coefficient (Wildman–Crippen LogP) is 4.22. The van der Waals surface area contributed by atoms with Gasteiger partial charge in [-0.15, -0.1) is 0 Å². The van der Waals surface area contributed by atoms with Gasteiger partial charge in [-0.25, -0.2) is 0 Å². The van der Waals surface area contributed by atoms with Crippen LogP contribution in [0.5, 0.6) is 0 Å². The van der Waals surface area contributed by atoms with Crippen LogP contribution < -0.4 is 4.90 Å². The standard InChI is InChI=1S/C18H14Cl2N4O/c1-11-8-12(4-5-21-11)14-10-22-24-7-6-23(18(25)17(14)24)16-3-2-13(19)9-15(16)20/h2-5,8-10H,6-7H2,1H3. The summed E-state index contributed by atoms with van der Waals surface area (Å²) in [5, 5.41) is 5.36. The summed E-state index contributed by atoms with van der Waals surface area (Å²) >= 11 is 12.3. The zero-order chi connectivity index (χ0) is 17.6. The largest absolute Gasteiger partial charge is 0.304 e. The van der Waals surface area contributed by atoms with Crippen molar-refractivity contribution in [1.29, 1.82) is 0 Å². The highest BCUT2D eigenvalue weighted by molar-refractivity contribution is 6.37. The normalized spacial score (nSPS) is 13.9. The van der Waals surface area contributed by atoms with Crippen LogP contribution in [0.15, 0.2) is 42.7 Å². The Hall–Kier alpha value is -2.37. The molecule has 0 saturated carbocycles. The minimum absolute atomic E-state index is 0.127. The maximum absolute atomic E-state index is 13.2. The fourth-order valence-corrected chi connectivity index (χ4v) is 3.57. The molecule has 3 heterocycles. The van der Waals surface area contributed by atoms with Crippen LogP contribution >= 0.6 is 23.2 Å². The first kappa shape index (κ1) is 16.1. The van der Waals surface area contributed by atoms with E-state index >= 15 is 0 Å². The molecule has 0 saturated heterocycles. The highest BCUT2D eigenvalue weighted by Gasteiger charge is 2.31. The van der Waals surface area contributed by atoms with E-state index < -0.39 is 0 Å². The average Bonchev–Trinajstić information content (AvgIpc) is 3.01. The van der Waals surface area contributed by atoms with Crippen LogP contribution in [0.25, 0.3) is 11.1 Å². The number of carbonyl (C=O) groups excluding carboxylic acids is 1. The number of fused-ring (bicyclic) bond motifs is 1. The van der Waals surface area contributed by atoms with Crippen molar-refractivity contribution < 1.29 is 4.79 Å². The minimum atomic E-state index is -0.127. The maximum atomic E-state index is 13.2. The van der Waals surface area contributed by atoms with Gasteiger partial charge in [-0.3, -0.25) is 14.5 Å². The van der Waals surface area contributed by atoms with Crippen molar-refractivity contribution in [2.75, 3.05) is 11.4 Å². The first-order valence-electron chi connectivity index (χ1n) is 7.80. The molecule has 126 valence electrons. The van der Waals surface area contributed by atoms with Gasteiger partial charge in [0.15, 0.2) is 0 Å². The highest BCUT2D eigenvalue weighted by atomic mass is 35.5. The number of hydrogen-bond donors (Lipinski definition) is 0. The summed E-state index contributed by atoms with van der Waals surface area (Å²) in [6.07, 6.45) is 3.46. The Bertz CT molecular complexity index is 983. The van der Waals surface area contributed by atoms with E-state index in [-0.39, 0.29) is 5.91 Å². The lowest BCUT2D eigenvalue weighted by Gasteiger charge is -2.29. The number of carbonyl (C=O) groups is 1. The molecule has 0 fully saturated rings. The Morgan fingerprint density at radius 1 is 1.12 bits per heavy atom. The van der Waals surface area contributed by atoms with E-state index in [9.17, 15) is 4.79 Å². The second-order valence-electron chi connectivity index (χ2n) is 5.87. The molecule has 0 aliphatic carbocycles. The molecule has 0 spiro atoms. The summed E-state index contributed by atoms with van der Waals surface area (Å²) in [4.78, 5) is 19.0.